The molecule has 4 heteroatoms. The van der Waals surface area contributed by atoms with Crippen molar-refractivity contribution in [1.29, 1.82) is 0 Å². The molecule has 1 aromatic carbocycles. The van der Waals surface area contributed by atoms with Crippen LogP contribution in [0.15, 0.2) is 24.3 Å². The summed E-state index contributed by atoms with van der Waals surface area (Å²) in [6, 6.07) is 7.56. The summed E-state index contributed by atoms with van der Waals surface area (Å²) < 4.78 is 5.48. The molecule has 0 fully saturated rings. The third kappa shape index (κ3) is 4.24. The Morgan fingerprint density at radius 3 is 2.47 bits per heavy atom. The summed E-state index contributed by atoms with van der Waals surface area (Å²) in [7, 11) is 0. The standard InChI is InChI=1S/C15H23NO3/c1-4-15(5-2,11-17)16-14(18)10-19-13-9-7-6-8-12(13)3/h6-9,17H,4-5,10-11H2,1-3H3,(H,16,18). The molecule has 0 radical (unpaired) electrons. The Labute approximate surface area is 114 Å². The third-order valence-corrected chi connectivity index (χ3v) is 3.51. The largest absolute Gasteiger partial charge is 0.484 e. The van der Waals surface area contributed by atoms with Crippen molar-refractivity contribution in [3.8, 4) is 5.75 Å². The van der Waals surface area contributed by atoms with Gasteiger partial charge in [-0.05, 0) is 31.4 Å². The Morgan fingerprint density at radius 2 is 1.95 bits per heavy atom. The zero-order valence-corrected chi connectivity index (χ0v) is 11.9. The van der Waals surface area contributed by atoms with Gasteiger partial charge in [0.25, 0.3) is 5.91 Å². The minimum Gasteiger partial charge on any atom is -0.484 e. The fourth-order valence-electron chi connectivity index (χ4n) is 1.88. The van der Waals surface area contributed by atoms with Crippen molar-refractivity contribution in [3.05, 3.63) is 29.8 Å². The molecule has 0 saturated carbocycles. The Balaban J connectivity index is 2.54. The Morgan fingerprint density at radius 1 is 1.32 bits per heavy atom. The van der Waals surface area contributed by atoms with Crippen molar-refractivity contribution >= 4 is 5.91 Å². The summed E-state index contributed by atoms with van der Waals surface area (Å²) in [5, 5.41) is 12.3. The van der Waals surface area contributed by atoms with E-state index in [4.69, 9.17) is 4.74 Å². The summed E-state index contributed by atoms with van der Waals surface area (Å²) in [5.74, 6) is 0.501. The first-order valence-electron chi connectivity index (χ1n) is 6.67. The van der Waals surface area contributed by atoms with E-state index in [9.17, 15) is 9.90 Å². The highest BCUT2D eigenvalue weighted by atomic mass is 16.5. The number of carbonyl (C=O) groups is 1. The summed E-state index contributed by atoms with van der Waals surface area (Å²) >= 11 is 0. The number of para-hydroxylation sites is 1. The highest BCUT2D eigenvalue weighted by Crippen LogP contribution is 2.17. The molecule has 0 saturated heterocycles. The molecular weight excluding hydrogens is 242 g/mol. The molecule has 1 aromatic rings. The lowest BCUT2D eigenvalue weighted by Crippen LogP contribution is -2.51. The number of aliphatic hydroxyl groups excluding tert-OH is 1. The van der Waals surface area contributed by atoms with E-state index in [-0.39, 0.29) is 19.1 Å². The number of ether oxygens (including phenoxy) is 1. The van der Waals surface area contributed by atoms with Crippen LogP contribution in [0.3, 0.4) is 0 Å². The van der Waals surface area contributed by atoms with Crippen molar-refractivity contribution in [2.45, 2.75) is 39.2 Å². The van der Waals surface area contributed by atoms with Crippen LogP contribution in [0.5, 0.6) is 5.75 Å². The van der Waals surface area contributed by atoms with E-state index in [1.807, 2.05) is 45.0 Å². The summed E-state index contributed by atoms with van der Waals surface area (Å²) in [6.45, 7) is 5.73. The number of aryl methyl sites for hydroxylation is 1. The third-order valence-electron chi connectivity index (χ3n) is 3.51. The lowest BCUT2D eigenvalue weighted by atomic mass is 9.94. The summed E-state index contributed by atoms with van der Waals surface area (Å²) in [6.07, 6.45) is 1.38. The van der Waals surface area contributed by atoms with Crippen LogP contribution in [-0.4, -0.2) is 29.8 Å². The maximum Gasteiger partial charge on any atom is 0.258 e. The van der Waals surface area contributed by atoms with Gasteiger partial charge in [-0.1, -0.05) is 32.0 Å². The molecular formula is C15H23NO3. The van der Waals surface area contributed by atoms with E-state index < -0.39 is 5.54 Å². The second kappa shape index (κ2) is 7.14. The molecule has 0 atom stereocenters. The lowest BCUT2D eigenvalue weighted by Gasteiger charge is -2.30. The minimum absolute atomic E-state index is 0.0351. The maximum absolute atomic E-state index is 11.9. The minimum atomic E-state index is -0.536. The van der Waals surface area contributed by atoms with Crippen LogP contribution in [0.2, 0.25) is 0 Å². The Bertz CT molecular complexity index is 405. The van der Waals surface area contributed by atoms with Crippen molar-refractivity contribution in [2.24, 2.45) is 0 Å². The number of hydrogen-bond donors (Lipinski definition) is 2. The van der Waals surface area contributed by atoms with Crippen LogP contribution in [0.1, 0.15) is 32.3 Å². The molecule has 4 nitrogen and oxygen atoms in total. The molecule has 106 valence electrons. The van der Waals surface area contributed by atoms with Crippen molar-refractivity contribution in [2.75, 3.05) is 13.2 Å². The molecule has 0 aliphatic rings. The molecule has 0 bridgehead atoms. The van der Waals surface area contributed by atoms with Crippen LogP contribution in [0.25, 0.3) is 0 Å². The SMILES string of the molecule is CCC(CC)(CO)NC(=O)COc1ccccc1C. The number of carbonyl (C=O) groups excluding carboxylic acids is 1. The quantitative estimate of drug-likeness (QED) is 0.793. The molecule has 19 heavy (non-hydrogen) atoms. The van der Waals surface area contributed by atoms with Gasteiger partial charge in [-0.15, -0.1) is 0 Å². The van der Waals surface area contributed by atoms with Gasteiger partial charge in [-0.3, -0.25) is 4.79 Å². The van der Waals surface area contributed by atoms with Crippen molar-refractivity contribution in [1.82, 2.24) is 5.32 Å². The summed E-state index contributed by atoms with van der Waals surface area (Å²) in [4.78, 5) is 11.9. The molecule has 1 amide bonds. The van der Waals surface area contributed by atoms with E-state index in [0.29, 0.717) is 18.6 Å². The summed E-state index contributed by atoms with van der Waals surface area (Å²) in [5.41, 5.74) is 0.460. The number of amides is 1. The molecule has 0 heterocycles. The average Bonchev–Trinajstić information content (AvgIpc) is 2.44. The number of hydrogen-bond acceptors (Lipinski definition) is 3. The second-order valence-electron chi connectivity index (χ2n) is 4.75. The Kier molecular flexibility index (Phi) is 5.83. The van der Waals surface area contributed by atoms with Crippen LogP contribution in [0.4, 0.5) is 0 Å². The zero-order valence-electron chi connectivity index (χ0n) is 11.9. The van der Waals surface area contributed by atoms with E-state index in [2.05, 4.69) is 5.32 Å². The molecule has 0 aromatic heterocycles. The van der Waals surface area contributed by atoms with Gasteiger partial charge in [-0.2, -0.15) is 0 Å². The predicted molar refractivity (Wildman–Crippen MR) is 75.2 cm³/mol. The highest BCUT2D eigenvalue weighted by Gasteiger charge is 2.27. The first-order valence-corrected chi connectivity index (χ1v) is 6.67. The van der Waals surface area contributed by atoms with Crippen LogP contribution in [-0.2, 0) is 4.79 Å². The van der Waals surface area contributed by atoms with Gasteiger partial charge in [0.15, 0.2) is 6.61 Å². The monoisotopic (exact) mass is 265 g/mol. The second-order valence-corrected chi connectivity index (χ2v) is 4.75. The van der Waals surface area contributed by atoms with E-state index in [1.165, 1.54) is 0 Å². The van der Waals surface area contributed by atoms with Gasteiger partial charge < -0.3 is 15.2 Å². The fourth-order valence-corrected chi connectivity index (χ4v) is 1.88. The number of rotatable bonds is 7. The number of nitrogens with one attached hydrogen (secondary N) is 1. The Hall–Kier alpha value is -1.55. The number of benzene rings is 1. The fraction of sp³-hybridized carbons (Fsp3) is 0.533. The predicted octanol–water partition coefficient (Wildman–Crippen LogP) is 2.04. The smallest absolute Gasteiger partial charge is 0.258 e. The van der Waals surface area contributed by atoms with Crippen LogP contribution in [0, 0.1) is 6.92 Å². The van der Waals surface area contributed by atoms with Gasteiger partial charge >= 0.3 is 0 Å². The van der Waals surface area contributed by atoms with Gasteiger partial charge in [0.1, 0.15) is 5.75 Å². The molecule has 0 aliphatic carbocycles. The first kappa shape index (κ1) is 15.5. The van der Waals surface area contributed by atoms with Crippen LogP contribution >= 0.6 is 0 Å². The molecule has 2 N–H and O–H groups in total. The van der Waals surface area contributed by atoms with Crippen molar-refractivity contribution < 1.29 is 14.6 Å². The van der Waals surface area contributed by atoms with Crippen LogP contribution < -0.4 is 10.1 Å². The van der Waals surface area contributed by atoms with Gasteiger partial charge in [0, 0.05) is 0 Å². The highest BCUT2D eigenvalue weighted by molar-refractivity contribution is 5.78. The first-order chi connectivity index (χ1) is 9.06. The normalized spacial score (nSPS) is 11.2. The van der Waals surface area contributed by atoms with E-state index >= 15 is 0 Å². The van der Waals surface area contributed by atoms with E-state index in [1.54, 1.807) is 0 Å². The van der Waals surface area contributed by atoms with Gasteiger partial charge in [0.05, 0.1) is 12.1 Å². The van der Waals surface area contributed by atoms with Gasteiger partial charge in [-0.25, -0.2) is 0 Å². The topological polar surface area (TPSA) is 58.6 Å². The molecule has 0 spiro atoms. The lowest BCUT2D eigenvalue weighted by molar-refractivity contribution is -0.125. The zero-order chi connectivity index (χ0) is 14.3. The molecule has 1 rings (SSSR count). The maximum atomic E-state index is 11.9. The van der Waals surface area contributed by atoms with Gasteiger partial charge in [0.2, 0.25) is 0 Å². The van der Waals surface area contributed by atoms with Crippen molar-refractivity contribution in [3.63, 3.8) is 0 Å². The average molecular weight is 265 g/mol. The molecule has 0 aliphatic heterocycles. The number of aliphatic hydroxyl groups is 1. The van der Waals surface area contributed by atoms with E-state index in [0.717, 1.165) is 5.56 Å². The molecule has 0 unspecified atom stereocenters.